The molecule has 2 rings (SSSR count). The molecule has 1 amide bonds. The van der Waals surface area contributed by atoms with Gasteiger partial charge in [-0.15, -0.1) is 0 Å². The van der Waals surface area contributed by atoms with Crippen LogP contribution in [0.1, 0.15) is 52.4 Å². The molecule has 0 unspecified atom stereocenters. The van der Waals surface area contributed by atoms with Crippen molar-refractivity contribution in [3.05, 3.63) is 0 Å². The number of hydrogen-bond donors (Lipinski definition) is 0. The molecule has 1 saturated carbocycles. The Labute approximate surface area is 97.2 Å². The van der Waals surface area contributed by atoms with Crippen molar-refractivity contribution in [1.82, 2.24) is 4.90 Å². The molecule has 2 fully saturated rings. The highest BCUT2D eigenvalue weighted by Gasteiger charge is 2.48. The van der Waals surface area contributed by atoms with Gasteiger partial charge in [-0.1, -0.05) is 19.8 Å². The molecular formula is C13H21NO2. The highest BCUT2D eigenvalue weighted by molar-refractivity contribution is 5.88. The summed E-state index contributed by atoms with van der Waals surface area (Å²) in [4.78, 5) is 25.3. The van der Waals surface area contributed by atoms with Gasteiger partial charge in [0.2, 0.25) is 5.91 Å². The SMILES string of the molecule is CCC(=O)N1CC2(CCCC2)C[C@H]1C(C)=O. The van der Waals surface area contributed by atoms with Gasteiger partial charge in [-0.05, 0) is 31.6 Å². The predicted octanol–water partition coefficient (Wildman–Crippen LogP) is 2.15. The van der Waals surface area contributed by atoms with Gasteiger partial charge in [0.25, 0.3) is 0 Å². The van der Waals surface area contributed by atoms with E-state index in [2.05, 4.69) is 0 Å². The number of hydrogen-bond acceptors (Lipinski definition) is 2. The largest absolute Gasteiger partial charge is 0.332 e. The monoisotopic (exact) mass is 223 g/mol. The molecule has 0 aromatic rings. The second-order valence-corrected chi connectivity index (χ2v) is 5.41. The average Bonchev–Trinajstić information content (AvgIpc) is 2.86. The molecule has 0 aromatic heterocycles. The number of likely N-dealkylation sites (tertiary alicyclic amines) is 1. The van der Waals surface area contributed by atoms with Crippen molar-refractivity contribution in [2.45, 2.75) is 58.4 Å². The number of carbonyl (C=O) groups is 2. The van der Waals surface area contributed by atoms with E-state index in [1.54, 1.807) is 6.92 Å². The van der Waals surface area contributed by atoms with E-state index in [9.17, 15) is 9.59 Å². The van der Waals surface area contributed by atoms with Crippen LogP contribution in [0.5, 0.6) is 0 Å². The first kappa shape index (κ1) is 11.6. The van der Waals surface area contributed by atoms with E-state index in [1.165, 1.54) is 25.7 Å². The second-order valence-electron chi connectivity index (χ2n) is 5.41. The van der Waals surface area contributed by atoms with Gasteiger partial charge in [0.05, 0.1) is 6.04 Å². The lowest BCUT2D eigenvalue weighted by Crippen LogP contribution is -2.39. The van der Waals surface area contributed by atoms with E-state index < -0.39 is 0 Å². The van der Waals surface area contributed by atoms with E-state index in [4.69, 9.17) is 0 Å². The van der Waals surface area contributed by atoms with Crippen LogP contribution >= 0.6 is 0 Å². The summed E-state index contributed by atoms with van der Waals surface area (Å²) in [6, 6.07) is -0.134. The fourth-order valence-electron chi connectivity index (χ4n) is 3.37. The first-order chi connectivity index (χ1) is 7.58. The van der Waals surface area contributed by atoms with Gasteiger partial charge in [0.15, 0.2) is 5.78 Å². The topological polar surface area (TPSA) is 37.4 Å². The van der Waals surface area contributed by atoms with Gasteiger partial charge in [0.1, 0.15) is 0 Å². The quantitative estimate of drug-likeness (QED) is 0.719. The van der Waals surface area contributed by atoms with Gasteiger partial charge in [0, 0.05) is 13.0 Å². The van der Waals surface area contributed by atoms with Crippen LogP contribution in [0.15, 0.2) is 0 Å². The van der Waals surface area contributed by atoms with Crippen LogP contribution < -0.4 is 0 Å². The van der Waals surface area contributed by atoms with Crippen LogP contribution in [0.25, 0.3) is 0 Å². The van der Waals surface area contributed by atoms with Crippen molar-refractivity contribution >= 4 is 11.7 Å². The lowest BCUT2D eigenvalue weighted by molar-refractivity contribution is -0.136. The third-order valence-corrected chi connectivity index (χ3v) is 4.26. The molecule has 1 atom stereocenters. The van der Waals surface area contributed by atoms with Gasteiger partial charge in [-0.25, -0.2) is 0 Å². The summed E-state index contributed by atoms with van der Waals surface area (Å²) in [6.45, 7) is 4.32. The van der Waals surface area contributed by atoms with E-state index in [1.807, 2.05) is 11.8 Å². The molecule has 0 aromatic carbocycles. The maximum Gasteiger partial charge on any atom is 0.222 e. The maximum atomic E-state index is 11.8. The van der Waals surface area contributed by atoms with Crippen molar-refractivity contribution in [1.29, 1.82) is 0 Å². The average molecular weight is 223 g/mol. The van der Waals surface area contributed by atoms with Crippen LogP contribution in [0, 0.1) is 5.41 Å². The Kier molecular flexibility index (Phi) is 3.04. The molecule has 1 saturated heterocycles. The van der Waals surface area contributed by atoms with Crippen LogP contribution in [-0.2, 0) is 9.59 Å². The summed E-state index contributed by atoms with van der Waals surface area (Å²) in [5.74, 6) is 0.301. The molecule has 0 N–H and O–H groups in total. The Morgan fingerprint density at radius 1 is 1.31 bits per heavy atom. The van der Waals surface area contributed by atoms with E-state index in [0.717, 1.165) is 13.0 Å². The number of Topliss-reactive ketones (excluding diaryl/α,β-unsaturated/α-hetero) is 1. The molecule has 3 heteroatoms. The zero-order valence-corrected chi connectivity index (χ0v) is 10.3. The number of nitrogens with zero attached hydrogens (tertiary/aromatic N) is 1. The number of carbonyl (C=O) groups excluding carboxylic acids is 2. The van der Waals surface area contributed by atoms with E-state index in [0.29, 0.717) is 6.42 Å². The fraction of sp³-hybridized carbons (Fsp3) is 0.846. The molecule has 2 aliphatic rings. The molecule has 1 aliphatic carbocycles. The summed E-state index contributed by atoms with van der Waals surface area (Å²) >= 11 is 0. The van der Waals surface area contributed by atoms with E-state index >= 15 is 0 Å². The number of ketones is 1. The van der Waals surface area contributed by atoms with Crippen LogP contribution in [0.2, 0.25) is 0 Å². The molecule has 0 radical (unpaired) electrons. The predicted molar refractivity (Wildman–Crippen MR) is 62.0 cm³/mol. The minimum absolute atomic E-state index is 0.134. The Bertz CT molecular complexity index is 305. The molecule has 1 aliphatic heterocycles. The Balaban J connectivity index is 2.17. The van der Waals surface area contributed by atoms with Crippen LogP contribution in [0.4, 0.5) is 0 Å². The first-order valence-corrected chi connectivity index (χ1v) is 6.38. The second kappa shape index (κ2) is 4.19. The van der Waals surface area contributed by atoms with Crippen LogP contribution in [-0.4, -0.2) is 29.2 Å². The van der Waals surface area contributed by atoms with Gasteiger partial charge >= 0.3 is 0 Å². The molecule has 3 nitrogen and oxygen atoms in total. The maximum absolute atomic E-state index is 11.8. The van der Waals surface area contributed by atoms with Crippen LogP contribution in [0.3, 0.4) is 0 Å². The summed E-state index contributed by atoms with van der Waals surface area (Å²) in [5.41, 5.74) is 0.279. The molecule has 90 valence electrons. The number of rotatable bonds is 2. The minimum Gasteiger partial charge on any atom is -0.332 e. The number of amides is 1. The minimum atomic E-state index is -0.134. The van der Waals surface area contributed by atoms with Crippen molar-refractivity contribution < 1.29 is 9.59 Å². The third-order valence-electron chi connectivity index (χ3n) is 4.26. The van der Waals surface area contributed by atoms with Gasteiger partial charge < -0.3 is 4.90 Å². The zero-order valence-electron chi connectivity index (χ0n) is 10.3. The first-order valence-electron chi connectivity index (χ1n) is 6.38. The summed E-state index contributed by atoms with van der Waals surface area (Å²) < 4.78 is 0. The fourth-order valence-corrected chi connectivity index (χ4v) is 3.37. The Morgan fingerprint density at radius 2 is 1.94 bits per heavy atom. The molecule has 1 heterocycles. The highest BCUT2D eigenvalue weighted by Crippen LogP contribution is 2.47. The molecular weight excluding hydrogens is 202 g/mol. The van der Waals surface area contributed by atoms with Gasteiger partial charge in [-0.2, -0.15) is 0 Å². The van der Waals surface area contributed by atoms with Crippen molar-refractivity contribution in [3.8, 4) is 0 Å². The normalized spacial score (nSPS) is 27.6. The van der Waals surface area contributed by atoms with E-state index in [-0.39, 0.29) is 23.1 Å². The van der Waals surface area contributed by atoms with Crippen molar-refractivity contribution in [3.63, 3.8) is 0 Å². The standard InChI is InChI=1S/C13H21NO2/c1-3-12(16)14-9-13(6-4-5-7-13)8-11(14)10(2)15/h11H,3-9H2,1-2H3/t11-/m0/s1. The summed E-state index contributed by atoms with van der Waals surface area (Å²) in [5, 5.41) is 0. The Morgan fingerprint density at radius 3 is 2.44 bits per heavy atom. The Hall–Kier alpha value is -0.860. The highest BCUT2D eigenvalue weighted by atomic mass is 16.2. The third kappa shape index (κ3) is 1.87. The lowest BCUT2D eigenvalue weighted by atomic mass is 9.83. The molecule has 0 bridgehead atoms. The smallest absolute Gasteiger partial charge is 0.222 e. The lowest BCUT2D eigenvalue weighted by Gasteiger charge is -2.23. The molecule has 1 spiro atoms. The van der Waals surface area contributed by atoms with Crippen molar-refractivity contribution in [2.75, 3.05) is 6.54 Å². The van der Waals surface area contributed by atoms with Gasteiger partial charge in [-0.3, -0.25) is 9.59 Å². The summed E-state index contributed by atoms with van der Waals surface area (Å²) in [7, 11) is 0. The molecule has 16 heavy (non-hydrogen) atoms. The summed E-state index contributed by atoms with van der Waals surface area (Å²) in [6.07, 6.45) is 6.35. The zero-order chi connectivity index (χ0) is 11.8. The van der Waals surface area contributed by atoms with Crippen molar-refractivity contribution in [2.24, 2.45) is 5.41 Å².